The zero-order chi connectivity index (χ0) is 22.0. The first-order valence-electron chi connectivity index (χ1n) is 9.55. The Morgan fingerprint density at radius 3 is 2.37 bits per heavy atom. The third-order valence-electron chi connectivity index (χ3n) is 5.03. The van der Waals surface area contributed by atoms with Crippen molar-refractivity contribution in [1.29, 1.82) is 0 Å². The lowest BCUT2D eigenvalue weighted by Gasteiger charge is -2.29. The SMILES string of the molecule is C=C(S)N(/C(=C\C)c1cc(C(C)C)c(O)cc1N=O)c1cccc2c(O)cccc12. The Morgan fingerprint density at radius 1 is 1.10 bits per heavy atom. The molecule has 0 atom stereocenters. The number of anilines is 1. The monoisotopic (exact) mass is 420 g/mol. The van der Waals surface area contributed by atoms with Crippen LogP contribution in [-0.4, -0.2) is 10.2 Å². The van der Waals surface area contributed by atoms with Gasteiger partial charge in [-0.1, -0.05) is 50.8 Å². The Morgan fingerprint density at radius 2 is 1.77 bits per heavy atom. The van der Waals surface area contributed by atoms with Crippen molar-refractivity contribution < 1.29 is 10.2 Å². The zero-order valence-corrected chi connectivity index (χ0v) is 18.0. The maximum Gasteiger partial charge on any atom is 0.123 e. The van der Waals surface area contributed by atoms with E-state index in [1.54, 1.807) is 23.1 Å². The van der Waals surface area contributed by atoms with Gasteiger partial charge in [-0.05, 0) is 41.8 Å². The predicted octanol–water partition coefficient (Wildman–Crippen LogP) is 7.04. The summed E-state index contributed by atoms with van der Waals surface area (Å²) in [7, 11) is 0. The maximum atomic E-state index is 11.6. The molecule has 0 bridgehead atoms. The number of benzene rings is 3. The minimum absolute atomic E-state index is 0.0325. The number of nitrogens with zero attached hydrogens (tertiary/aromatic N) is 2. The second-order valence-corrected chi connectivity index (χ2v) is 7.77. The second-order valence-electron chi connectivity index (χ2n) is 7.25. The number of aromatic hydroxyl groups is 2. The van der Waals surface area contributed by atoms with E-state index in [1.165, 1.54) is 6.07 Å². The lowest BCUT2D eigenvalue weighted by atomic mass is 9.96. The molecule has 3 aromatic rings. The summed E-state index contributed by atoms with van der Waals surface area (Å²) in [5.74, 6) is 0.248. The topological polar surface area (TPSA) is 73.1 Å². The van der Waals surface area contributed by atoms with Gasteiger partial charge >= 0.3 is 0 Å². The molecule has 154 valence electrons. The Hall–Kier alpha value is -3.25. The van der Waals surface area contributed by atoms with Crippen LogP contribution < -0.4 is 4.90 Å². The highest BCUT2D eigenvalue weighted by Gasteiger charge is 2.23. The van der Waals surface area contributed by atoms with Crippen molar-refractivity contribution in [2.45, 2.75) is 26.7 Å². The first-order valence-corrected chi connectivity index (χ1v) is 10.0. The van der Waals surface area contributed by atoms with E-state index in [0.29, 0.717) is 27.2 Å². The fourth-order valence-corrected chi connectivity index (χ4v) is 3.84. The van der Waals surface area contributed by atoms with E-state index in [1.807, 2.05) is 51.1 Å². The smallest absolute Gasteiger partial charge is 0.123 e. The average molecular weight is 421 g/mol. The number of rotatable bonds is 6. The number of thiol groups is 1. The van der Waals surface area contributed by atoms with E-state index in [0.717, 1.165) is 11.1 Å². The Balaban J connectivity index is 2.30. The summed E-state index contributed by atoms with van der Waals surface area (Å²) in [6, 6.07) is 14.0. The van der Waals surface area contributed by atoms with Crippen molar-refractivity contribution in [2.24, 2.45) is 5.18 Å². The molecule has 2 N–H and O–H groups in total. The molecule has 30 heavy (non-hydrogen) atoms. The molecule has 3 rings (SSSR count). The van der Waals surface area contributed by atoms with E-state index >= 15 is 0 Å². The van der Waals surface area contributed by atoms with Gasteiger partial charge in [-0.15, -0.1) is 17.5 Å². The summed E-state index contributed by atoms with van der Waals surface area (Å²) in [6.45, 7) is 9.79. The highest BCUT2D eigenvalue weighted by Crippen LogP contribution is 2.42. The molecule has 6 heteroatoms. The van der Waals surface area contributed by atoms with Gasteiger partial charge in [0, 0.05) is 22.4 Å². The van der Waals surface area contributed by atoms with E-state index in [2.05, 4.69) is 24.4 Å². The highest BCUT2D eigenvalue weighted by molar-refractivity contribution is 7.84. The molecule has 0 radical (unpaired) electrons. The summed E-state index contributed by atoms with van der Waals surface area (Å²) in [4.78, 5) is 13.4. The molecule has 0 unspecified atom stereocenters. The van der Waals surface area contributed by atoms with Crippen LogP contribution in [0.2, 0.25) is 0 Å². The van der Waals surface area contributed by atoms with Crippen molar-refractivity contribution in [2.75, 3.05) is 4.90 Å². The number of hydrogen-bond donors (Lipinski definition) is 3. The fraction of sp³-hybridized carbons (Fsp3) is 0.167. The number of allylic oxidation sites excluding steroid dienone is 1. The van der Waals surface area contributed by atoms with Crippen LogP contribution in [0, 0.1) is 4.91 Å². The van der Waals surface area contributed by atoms with Crippen LogP contribution in [-0.2, 0) is 0 Å². The molecule has 0 aliphatic rings. The third-order valence-corrected chi connectivity index (χ3v) is 5.23. The summed E-state index contributed by atoms with van der Waals surface area (Å²) in [6.07, 6.45) is 1.84. The molecule has 0 aliphatic heterocycles. The number of phenols is 2. The van der Waals surface area contributed by atoms with Crippen LogP contribution in [0.4, 0.5) is 11.4 Å². The molecule has 0 saturated heterocycles. The van der Waals surface area contributed by atoms with Gasteiger partial charge in [-0.25, -0.2) is 0 Å². The summed E-state index contributed by atoms with van der Waals surface area (Å²) < 4.78 is 0. The first-order chi connectivity index (χ1) is 14.3. The average Bonchev–Trinajstić information content (AvgIpc) is 2.71. The first kappa shape index (κ1) is 21.5. The molecule has 0 amide bonds. The minimum Gasteiger partial charge on any atom is -0.508 e. The molecular formula is C24H24N2O3S. The van der Waals surface area contributed by atoms with E-state index in [9.17, 15) is 15.1 Å². The number of phenolic OH excluding ortho intramolecular Hbond substituents is 2. The van der Waals surface area contributed by atoms with Gasteiger partial charge in [0.1, 0.15) is 17.2 Å². The summed E-state index contributed by atoms with van der Waals surface area (Å²) in [5, 5.41) is 25.7. The lowest BCUT2D eigenvalue weighted by molar-refractivity contribution is 0.465. The summed E-state index contributed by atoms with van der Waals surface area (Å²) >= 11 is 4.52. The van der Waals surface area contributed by atoms with Crippen molar-refractivity contribution in [3.8, 4) is 11.5 Å². The van der Waals surface area contributed by atoms with Crippen molar-refractivity contribution in [3.63, 3.8) is 0 Å². The van der Waals surface area contributed by atoms with Gasteiger partial charge in [0.25, 0.3) is 0 Å². The Kier molecular flexibility index (Phi) is 6.17. The molecule has 3 aromatic carbocycles. The van der Waals surface area contributed by atoms with Crippen molar-refractivity contribution in [3.05, 3.63) is 82.2 Å². The fourth-order valence-electron chi connectivity index (χ4n) is 3.62. The van der Waals surface area contributed by atoms with Crippen LogP contribution in [0.25, 0.3) is 16.5 Å². The van der Waals surface area contributed by atoms with E-state index in [4.69, 9.17) is 0 Å². The van der Waals surface area contributed by atoms with Crippen molar-refractivity contribution in [1.82, 2.24) is 0 Å². The van der Waals surface area contributed by atoms with Gasteiger partial charge < -0.3 is 15.1 Å². The third kappa shape index (κ3) is 3.78. The summed E-state index contributed by atoms with van der Waals surface area (Å²) in [5.41, 5.74) is 2.76. The Labute approximate surface area is 181 Å². The molecule has 0 aliphatic carbocycles. The van der Waals surface area contributed by atoms with Gasteiger partial charge in [0.2, 0.25) is 0 Å². The minimum atomic E-state index is 0.0325. The quantitative estimate of drug-likeness (QED) is 0.295. The number of fused-ring (bicyclic) bond motifs is 1. The standard InChI is InChI=1S/C24H24N2O3S/c1-5-21(19-12-18(14(2)3)24(28)13-20(19)25-29)26(15(4)30)22-10-6-9-17-16(22)8-7-11-23(17)27/h5-14,27-28,30H,4H2,1-3H3/b21-5-. The van der Waals surface area contributed by atoms with Crippen LogP contribution in [0.5, 0.6) is 11.5 Å². The zero-order valence-electron chi connectivity index (χ0n) is 17.1. The molecule has 0 spiro atoms. The molecule has 0 heterocycles. The highest BCUT2D eigenvalue weighted by atomic mass is 32.1. The molecule has 5 nitrogen and oxygen atoms in total. The van der Waals surface area contributed by atoms with E-state index in [-0.39, 0.29) is 23.1 Å². The Bertz CT molecular complexity index is 1170. The van der Waals surface area contributed by atoms with E-state index < -0.39 is 0 Å². The van der Waals surface area contributed by atoms with Gasteiger partial charge in [-0.3, -0.25) is 0 Å². The van der Waals surface area contributed by atoms with Crippen LogP contribution in [0.3, 0.4) is 0 Å². The number of nitroso groups, excluding NO2 is 1. The molecular weight excluding hydrogens is 396 g/mol. The van der Waals surface area contributed by atoms with Crippen LogP contribution in [0.1, 0.15) is 37.8 Å². The number of hydrogen-bond acceptors (Lipinski definition) is 6. The predicted molar refractivity (Wildman–Crippen MR) is 128 cm³/mol. The largest absolute Gasteiger partial charge is 0.508 e. The molecule has 0 aromatic heterocycles. The van der Waals surface area contributed by atoms with Gasteiger partial charge in [0.05, 0.1) is 16.4 Å². The van der Waals surface area contributed by atoms with Gasteiger partial charge in [0.15, 0.2) is 0 Å². The normalized spacial score (nSPS) is 11.7. The molecule has 0 saturated carbocycles. The van der Waals surface area contributed by atoms with Crippen LogP contribution in [0.15, 0.2) is 71.4 Å². The van der Waals surface area contributed by atoms with Crippen LogP contribution >= 0.6 is 12.6 Å². The van der Waals surface area contributed by atoms with Crippen molar-refractivity contribution >= 4 is 40.5 Å². The van der Waals surface area contributed by atoms with Gasteiger partial charge in [-0.2, -0.15) is 0 Å². The maximum absolute atomic E-state index is 11.6. The molecule has 0 fully saturated rings. The second kappa shape index (κ2) is 8.63. The lowest BCUT2D eigenvalue weighted by Crippen LogP contribution is -2.18.